The van der Waals surface area contributed by atoms with Crippen LogP contribution in [0.15, 0.2) is 54.9 Å². The number of anilines is 1. The van der Waals surface area contributed by atoms with E-state index in [0.717, 1.165) is 0 Å². The van der Waals surface area contributed by atoms with Crippen LogP contribution in [0.2, 0.25) is 10.2 Å². The van der Waals surface area contributed by atoms with Gasteiger partial charge < -0.3 is 10.1 Å². The van der Waals surface area contributed by atoms with Crippen LogP contribution < -0.4 is 10.1 Å². The molecular formula is C16H10Cl2N4O2. The number of carbonyl (C=O) groups is 1. The van der Waals surface area contributed by atoms with Gasteiger partial charge >= 0.3 is 6.01 Å². The fraction of sp³-hybridized carbons (Fsp3) is 0. The van der Waals surface area contributed by atoms with Crippen LogP contribution >= 0.6 is 23.2 Å². The second-order valence-corrected chi connectivity index (χ2v) is 5.37. The van der Waals surface area contributed by atoms with E-state index in [-0.39, 0.29) is 21.9 Å². The second kappa shape index (κ2) is 7.25. The van der Waals surface area contributed by atoms with Crippen molar-refractivity contribution >= 4 is 34.8 Å². The van der Waals surface area contributed by atoms with E-state index in [1.165, 1.54) is 12.1 Å². The molecule has 24 heavy (non-hydrogen) atoms. The molecule has 120 valence electrons. The molecule has 2 heterocycles. The number of ether oxygens (including phenoxy) is 1. The first-order valence-electron chi connectivity index (χ1n) is 6.80. The van der Waals surface area contributed by atoms with E-state index in [9.17, 15) is 4.79 Å². The maximum Gasteiger partial charge on any atom is 0.321 e. The molecule has 0 aliphatic heterocycles. The van der Waals surface area contributed by atoms with E-state index in [2.05, 4.69) is 20.3 Å². The fourth-order valence-corrected chi connectivity index (χ4v) is 2.16. The first kappa shape index (κ1) is 16.2. The molecule has 0 fully saturated rings. The number of pyridine rings is 1. The highest BCUT2D eigenvalue weighted by molar-refractivity contribution is 6.35. The minimum Gasteiger partial charge on any atom is -0.424 e. The average Bonchev–Trinajstić information content (AvgIpc) is 2.59. The van der Waals surface area contributed by atoms with Crippen LogP contribution in [-0.2, 0) is 0 Å². The highest BCUT2D eigenvalue weighted by Gasteiger charge is 2.13. The molecule has 0 saturated heterocycles. The number of benzene rings is 1. The Morgan fingerprint density at radius 2 is 1.71 bits per heavy atom. The summed E-state index contributed by atoms with van der Waals surface area (Å²) < 4.78 is 5.47. The molecule has 0 spiro atoms. The number of rotatable bonds is 4. The number of aromatic nitrogens is 3. The SMILES string of the molecule is O=C(Nc1ccc(Oc2ncccn2)cc1)c1nc(Cl)ccc1Cl. The Morgan fingerprint density at radius 3 is 2.42 bits per heavy atom. The van der Waals surface area contributed by atoms with Crippen molar-refractivity contribution in [2.24, 2.45) is 0 Å². The van der Waals surface area contributed by atoms with E-state index < -0.39 is 5.91 Å². The molecule has 1 N–H and O–H groups in total. The molecule has 6 nitrogen and oxygen atoms in total. The third kappa shape index (κ3) is 3.98. The zero-order valence-electron chi connectivity index (χ0n) is 12.1. The van der Waals surface area contributed by atoms with Crippen molar-refractivity contribution in [2.45, 2.75) is 0 Å². The molecule has 1 amide bonds. The van der Waals surface area contributed by atoms with Crippen molar-refractivity contribution in [3.63, 3.8) is 0 Å². The summed E-state index contributed by atoms with van der Waals surface area (Å²) in [5.41, 5.74) is 0.612. The third-order valence-electron chi connectivity index (χ3n) is 2.89. The largest absolute Gasteiger partial charge is 0.424 e. The third-order valence-corrected chi connectivity index (χ3v) is 3.41. The van der Waals surface area contributed by atoms with Gasteiger partial charge in [-0.05, 0) is 42.5 Å². The molecule has 0 saturated carbocycles. The quantitative estimate of drug-likeness (QED) is 0.704. The lowest BCUT2D eigenvalue weighted by molar-refractivity contribution is 0.102. The zero-order chi connectivity index (χ0) is 16.9. The van der Waals surface area contributed by atoms with Gasteiger partial charge in [-0.25, -0.2) is 15.0 Å². The highest BCUT2D eigenvalue weighted by atomic mass is 35.5. The van der Waals surface area contributed by atoms with Crippen LogP contribution in [0.1, 0.15) is 10.5 Å². The Kier molecular flexibility index (Phi) is 4.88. The highest BCUT2D eigenvalue weighted by Crippen LogP contribution is 2.22. The number of hydrogen-bond acceptors (Lipinski definition) is 5. The lowest BCUT2D eigenvalue weighted by atomic mass is 10.2. The summed E-state index contributed by atoms with van der Waals surface area (Å²) in [7, 11) is 0. The molecule has 2 aromatic heterocycles. The molecule has 0 aliphatic carbocycles. The summed E-state index contributed by atoms with van der Waals surface area (Å²) in [4.78, 5) is 24.0. The van der Waals surface area contributed by atoms with Gasteiger partial charge in [-0.3, -0.25) is 4.79 Å². The van der Waals surface area contributed by atoms with Gasteiger partial charge in [-0.1, -0.05) is 23.2 Å². The van der Waals surface area contributed by atoms with E-state index in [1.807, 2.05) is 0 Å². The number of nitrogens with one attached hydrogen (secondary N) is 1. The van der Waals surface area contributed by atoms with Gasteiger partial charge in [0.2, 0.25) is 0 Å². The zero-order valence-corrected chi connectivity index (χ0v) is 13.6. The van der Waals surface area contributed by atoms with Gasteiger partial charge in [-0.2, -0.15) is 0 Å². The summed E-state index contributed by atoms with van der Waals surface area (Å²) in [5, 5.41) is 3.10. The van der Waals surface area contributed by atoms with E-state index in [0.29, 0.717) is 11.4 Å². The summed E-state index contributed by atoms with van der Waals surface area (Å²) in [6.07, 6.45) is 3.16. The van der Waals surface area contributed by atoms with Crippen LogP contribution in [0.25, 0.3) is 0 Å². The molecular weight excluding hydrogens is 351 g/mol. The number of halogens is 2. The van der Waals surface area contributed by atoms with Crippen molar-refractivity contribution in [1.82, 2.24) is 15.0 Å². The molecule has 3 rings (SSSR count). The van der Waals surface area contributed by atoms with Crippen LogP contribution in [0.4, 0.5) is 5.69 Å². The number of nitrogens with zero attached hydrogens (tertiary/aromatic N) is 3. The predicted octanol–water partition coefficient (Wildman–Crippen LogP) is 4.22. The van der Waals surface area contributed by atoms with E-state index >= 15 is 0 Å². The Hall–Kier alpha value is -2.70. The van der Waals surface area contributed by atoms with Gasteiger partial charge in [0.1, 0.15) is 16.6 Å². The van der Waals surface area contributed by atoms with Gasteiger partial charge in [0.05, 0.1) is 5.02 Å². The van der Waals surface area contributed by atoms with E-state index in [4.69, 9.17) is 27.9 Å². The topological polar surface area (TPSA) is 77.0 Å². The summed E-state index contributed by atoms with van der Waals surface area (Å²) in [6.45, 7) is 0. The van der Waals surface area contributed by atoms with Crippen LogP contribution in [0.3, 0.4) is 0 Å². The van der Waals surface area contributed by atoms with Crippen molar-refractivity contribution in [3.8, 4) is 11.8 Å². The molecule has 1 aromatic carbocycles. The van der Waals surface area contributed by atoms with Gasteiger partial charge in [0.15, 0.2) is 0 Å². The smallest absolute Gasteiger partial charge is 0.321 e. The van der Waals surface area contributed by atoms with Gasteiger partial charge in [0.25, 0.3) is 5.91 Å². The normalized spacial score (nSPS) is 10.2. The Morgan fingerprint density at radius 1 is 1.00 bits per heavy atom. The lowest BCUT2D eigenvalue weighted by Gasteiger charge is -2.08. The van der Waals surface area contributed by atoms with Crippen molar-refractivity contribution < 1.29 is 9.53 Å². The van der Waals surface area contributed by atoms with Crippen LogP contribution in [0.5, 0.6) is 11.8 Å². The maximum atomic E-state index is 12.2. The minimum atomic E-state index is -0.456. The molecule has 0 radical (unpaired) electrons. The minimum absolute atomic E-state index is 0.0576. The Bertz CT molecular complexity index is 858. The molecule has 3 aromatic rings. The molecule has 0 aliphatic rings. The number of amides is 1. The maximum absolute atomic E-state index is 12.2. The standard InChI is InChI=1S/C16H10Cl2N4O2/c17-12-6-7-13(18)22-14(12)15(23)21-10-2-4-11(5-3-10)24-16-19-8-1-9-20-16/h1-9H,(H,21,23). The molecule has 0 unspecified atom stereocenters. The number of carbonyl (C=O) groups excluding carboxylic acids is 1. The summed E-state index contributed by atoms with van der Waals surface area (Å²) >= 11 is 11.7. The van der Waals surface area contributed by atoms with Gasteiger partial charge in [0, 0.05) is 18.1 Å². The Balaban J connectivity index is 1.70. The predicted molar refractivity (Wildman–Crippen MR) is 90.8 cm³/mol. The fourth-order valence-electron chi connectivity index (χ4n) is 1.82. The first-order chi connectivity index (χ1) is 11.6. The van der Waals surface area contributed by atoms with Crippen LogP contribution in [0, 0.1) is 0 Å². The average molecular weight is 361 g/mol. The number of hydrogen-bond donors (Lipinski definition) is 1. The summed E-state index contributed by atoms with van der Waals surface area (Å²) in [6, 6.07) is 11.7. The summed E-state index contributed by atoms with van der Waals surface area (Å²) in [5.74, 6) is 0.0840. The van der Waals surface area contributed by atoms with Crippen molar-refractivity contribution in [2.75, 3.05) is 5.32 Å². The van der Waals surface area contributed by atoms with Crippen LogP contribution in [-0.4, -0.2) is 20.9 Å². The molecule has 0 bridgehead atoms. The first-order valence-corrected chi connectivity index (χ1v) is 7.56. The van der Waals surface area contributed by atoms with Crippen molar-refractivity contribution in [3.05, 3.63) is 70.7 Å². The second-order valence-electron chi connectivity index (χ2n) is 4.58. The molecule has 0 atom stereocenters. The van der Waals surface area contributed by atoms with Crippen molar-refractivity contribution in [1.29, 1.82) is 0 Å². The van der Waals surface area contributed by atoms with Gasteiger partial charge in [-0.15, -0.1) is 0 Å². The monoisotopic (exact) mass is 360 g/mol. The molecule has 8 heteroatoms. The Labute approximate surface area is 147 Å². The van der Waals surface area contributed by atoms with E-state index in [1.54, 1.807) is 42.7 Å². The lowest BCUT2D eigenvalue weighted by Crippen LogP contribution is -2.14.